The number of rotatable bonds is 7. The second kappa shape index (κ2) is 8.00. The highest BCUT2D eigenvalue weighted by Gasteiger charge is 2.01. The molecule has 2 rings (SSSR count). The molecular formula is C15H16N4O2S. The van der Waals surface area contributed by atoms with E-state index >= 15 is 0 Å². The first-order chi connectivity index (χ1) is 10.7. The number of hydrogen-bond acceptors (Lipinski definition) is 6. The number of thiazole rings is 1. The second-order valence-corrected chi connectivity index (χ2v) is 5.50. The van der Waals surface area contributed by atoms with E-state index in [1.165, 1.54) is 0 Å². The normalized spacial score (nSPS) is 11.0. The maximum absolute atomic E-state index is 8.69. The highest BCUT2D eigenvalue weighted by molar-refractivity contribution is 7.09. The molecule has 2 N–H and O–H groups in total. The molecule has 1 aromatic carbocycles. The van der Waals surface area contributed by atoms with E-state index in [1.807, 2.05) is 18.4 Å². The molecule has 0 atom stereocenters. The van der Waals surface area contributed by atoms with Crippen LogP contribution in [0.1, 0.15) is 16.3 Å². The van der Waals surface area contributed by atoms with Gasteiger partial charge in [0.1, 0.15) is 18.2 Å². The van der Waals surface area contributed by atoms with Crippen molar-refractivity contribution in [2.75, 3.05) is 13.2 Å². The molecular weight excluding hydrogens is 300 g/mol. The monoisotopic (exact) mass is 316 g/mol. The number of oxime groups is 1. The molecule has 7 heteroatoms. The molecule has 0 amide bonds. The molecule has 1 heterocycles. The van der Waals surface area contributed by atoms with Crippen molar-refractivity contribution in [2.24, 2.45) is 10.9 Å². The van der Waals surface area contributed by atoms with Gasteiger partial charge in [0, 0.05) is 5.38 Å². The number of amidine groups is 1. The fourth-order valence-corrected chi connectivity index (χ4v) is 2.27. The average Bonchev–Trinajstić information content (AvgIpc) is 2.92. The van der Waals surface area contributed by atoms with Crippen molar-refractivity contribution in [3.63, 3.8) is 0 Å². The molecule has 22 heavy (non-hydrogen) atoms. The molecule has 0 radical (unpaired) electrons. The Labute approximate surface area is 132 Å². The second-order valence-electron chi connectivity index (χ2n) is 4.44. The maximum atomic E-state index is 8.69. The third-order valence-corrected chi connectivity index (χ3v) is 3.46. The van der Waals surface area contributed by atoms with Crippen LogP contribution in [0.2, 0.25) is 0 Å². The van der Waals surface area contributed by atoms with Gasteiger partial charge in [-0.1, -0.05) is 5.16 Å². The molecule has 6 nitrogen and oxygen atoms in total. The van der Waals surface area contributed by atoms with Gasteiger partial charge in [-0.3, -0.25) is 0 Å². The van der Waals surface area contributed by atoms with Gasteiger partial charge in [0.2, 0.25) is 0 Å². The van der Waals surface area contributed by atoms with Crippen LogP contribution in [0.5, 0.6) is 5.75 Å². The molecule has 1 aromatic heterocycles. The Hall–Kier alpha value is -2.59. The van der Waals surface area contributed by atoms with Crippen LogP contribution in [0.3, 0.4) is 0 Å². The Balaban J connectivity index is 1.67. The van der Waals surface area contributed by atoms with Crippen molar-refractivity contribution in [1.29, 1.82) is 5.26 Å². The smallest absolute Gasteiger partial charge is 0.151 e. The van der Waals surface area contributed by atoms with Gasteiger partial charge in [0.15, 0.2) is 6.61 Å². The minimum atomic E-state index is 0.288. The molecule has 0 saturated carbocycles. The van der Waals surface area contributed by atoms with Gasteiger partial charge in [0.25, 0.3) is 0 Å². The van der Waals surface area contributed by atoms with Gasteiger partial charge in [-0.25, -0.2) is 4.98 Å². The minimum absolute atomic E-state index is 0.288. The van der Waals surface area contributed by atoms with Gasteiger partial charge in [-0.15, -0.1) is 11.3 Å². The van der Waals surface area contributed by atoms with Crippen molar-refractivity contribution in [1.82, 2.24) is 4.98 Å². The van der Waals surface area contributed by atoms with E-state index in [1.54, 1.807) is 35.6 Å². The highest BCUT2D eigenvalue weighted by atomic mass is 32.1. The van der Waals surface area contributed by atoms with Crippen molar-refractivity contribution < 1.29 is 9.57 Å². The van der Waals surface area contributed by atoms with Crippen LogP contribution in [-0.4, -0.2) is 24.0 Å². The molecule has 0 fully saturated rings. The number of aromatic nitrogens is 1. The summed E-state index contributed by atoms with van der Waals surface area (Å²) in [6, 6.07) is 8.92. The lowest BCUT2D eigenvalue weighted by atomic mass is 10.2. The van der Waals surface area contributed by atoms with Crippen LogP contribution in [-0.2, 0) is 11.3 Å². The lowest BCUT2D eigenvalue weighted by Gasteiger charge is -2.05. The third kappa shape index (κ3) is 5.07. The first-order valence-corrected chi connectivity index (χ1v) is 7.53. The van der Waals surface area contributed by atoms with Crippen LogP contribution < -0.4 is 10.5 Å². The van der Waals surface area contributed by atoms with Crippen LogP contribution >= 0.6 is 11.3 Å². The van der Waals surface area contributed by atoms with Gasteiger partial charge in [-0.2, -0.15) is 5.26 Å². The molecule has 0 aliphatic carbocycles. The number of ether oxygens (including phenoxy) is 1. The zero-order valence-electron chi connectivity index (χ0n) is 12.2. The van der Waals surface area contributed by atoms with Gasteiger partial charge >= 0.3 is 0 Å². The molecule has 0 spiro atoms. The summed E-state index contributed by atoms with van der Waals surface area (Å²) >= 11 is 1.58. The summed E-state index contributed by atoms with van der Waals surface area (Å²) in [5.74, 6) is 1.06. The summed E-state index contributed by atoms with van der Waals surface area (Å²) in [6.07, 6.45) is 0.473. The van der Waals surface area contributed by atoms with E-state index in [9.17, 15) is 0 Å². The summed E-state index contributed by atoms with van der Waals surface area (Å²) in [7, 11) is 0. The topological polar surface area (TPSA) is 93.5 Å². The molecule has 2 aromatic rings. The Morgan fingerprint density at radius 1 is 1.36 bits per heavy atom. The van der Waals surface area contributed by atoms with Crippen molar-refractivity contribution in [3.05, 3.63) is 45.9 Å². The number of nitrogens with two attached hydrogens (primary N) is 1. The van der Waals surface area contributed by atoms with Crippen LogP contribution in [0.25, 0.3) is 0 Å². The van der Waals surface area contributed by atoms with Gasteiger partial charge in [-0.05, 0) is 31.2 Å². The van der Waals surface area contributed by atoms with E-state index in [4.69, 9.17) is 20.6 Å². The summed E-state index contributed by atoms with van der Waals surface area (Å²) in [6.45, 7) is 2.58. The lowest BCUT2D eigenvalue weighted by Crippen LogP contribution is -2.16. The largest absolute Gasteiger partial charge is 0.490 e. The van der Waals surface area contributed by atoms with Crippen molar-refractivity contribution in [3.8, 4) is 11.8 Å². The summed E-state index contributed by atoms with van der Waals surface area (Å²) in [5.41, 5.74) is 7.24. The Bertz CT molecular complexity index is 674. The van der Waals surface area contributed by atoms with Crippen molar-refractivity contribution in [2.45, 2.75) is 13.3 Å². The molecule has 0 bridgehead atoms. The minimum Gasteiger partial charge on any atom is -0.490 e. The number of nitriles is 1. The highest BCUT2D eigenvalue weighted by Crippen LogP contribution is 2.11. The first-order valence-electron chi connectivity index (χ1n) is 6.65. The van der Waals surface area contributed by atoms with Crippen LogP contribution in [0.15, 0.2) is 34.8 Å². The van der Waals surface area contributed by atoms with Crippen molar-refractivity contribution >= 4 is 17.2 Å². The average molecular weight is 316 g/mol. The predicted octanol–water partition coefficient (Wildman–Crippen LogP) is 2.23. The third-order valence-electron chi connectivity index (χ3n) is 2.64. The van der Waals surface area contributed by atoms with E-state index in [0.29, 0.717) is 30.2 Å². The lowest BCUT2D eigenvalue weighted by molar-refractivity contribution is 0.106. The summed E-state index contributed by atoms with van der Waals surface area (Å²) < 4.78 is 5.45. The van der Waals surface area contributed by atoms with E-state index in [0.717, 1.165) is 10.7 Å². The predicted molar refractivity (Wildman–Crippen MR) is 84.8 cm³/mol. The zero-order chi connectivity index (χ0) is 15.8. The zero-order valence-corrected chi connectivity index (χ0v) is 13.0. The van der Waals surface area contributed by atoms with E-state index in [2.05, 4.69) is 10.1 Å². The quantitative estimate of drug-likeness (QED) is 0.366. The van der Waals surface area contributed by atoms with Gasteiger partial charge in [0.05, 0.1) is 28.8 Å². The number of benzene rings is 1. The molecule has 0 aliphatic rings. The number of nitrogens with zero attached hydrogens (tertiary/aromatic N) is 3. The van der Waals surface area contributed by atoms with E-state index in [-0.39, 0.29) is 6.61 Å². The summed E-state index contributed by atoms with van der Waals surface area (Å²) in [5, 5.41) is 15.5. The Morgan fingerprint density at radius 2 is 2.14 bits per heavy atom. The number of hydrogen-bond donors (Lipinski definition) is 1. The molecule has 114 valence electrons. The molecule has 0 unspecified atom stereocenters. The number of aryl methyl sites for hydroxylation is 1. The molecule has 0 aliphatic heterocycles. The maximum Gasteiger partial charge on any atom is 0.151 e. The summed E-state index contributed by atoms with van der Waals surface area (Å²) in [4.78, 5) is 9.41. The molecule has 0 saturated heterocycles. The standard InChI is InChI=1S/C15H16N4O2S/c1-11-18-13(10-22-11)8-15(17)19-21-7-6-20-14-4-2-12(9-16)3-5-14/h2-5,10H,6-8H2,1H3,(H2,17,19). The Kier molecular flexibility index (Phi) is 5.74. The van der Waals surface area contributed by atoms with Crippen LogP contribution in [0, 0.1) is 18.3 Å². The fraction of sp³-hybridized carbons (Fsp3) is 0.267. The SMILES string of the molecule is Cc1nc(CC(N)=NOCCOc2ccc(C#N)cc2)cs1. The van der Waals surface area contributed by atoms with E-state index < -0.39 is 0 Å². The Morgan fingerprint density at radius 3 is 2.77 bits per heavy atom. The first kappa shape index (κ1) is 15.8. The fourth-order valence-electron chi connectivity index (χ4n) is 1.66. The van der Waals surface area contributed by atoms with Crippen LogP contribution in [0.4, 0.5) is 0 Å². The van der Waals surface area contributed by atoms with Gasteiger partial charge < -0.3 is 15.3 Å².